The number of anilines is 2. The van der Waals surface area contributed by atoms with Gasteiger partial charge in [0.15, 0.2) is 0 Å². The van der Waals surface area contributed by atoms with Crippen LogP contribution in [0.5, 0.6) is 0 Å². The number of halogens is 4. The summed E-state index contributed by atoms with van der Waals surface area (Å²) in [5.41, 5.74) is 1.11. The summed E-state index contributed by atoms with van der Waals surface area (Å²) >= 11 is 0. The number of nitrogens with zero attached hydrogens (tertiary/aromatic N) is 3. The second-order valence-electron chi connectivity index (χ2n) is 7.13. The molecule has 0 spiro atoms. The molecule has 0 atom stereocenters. The Morgan fingerprint density at radius 2 is 1.67 bits per heavy atom. The molecule has 0 aliphatic rings. The standard InChI is InChI=1S/C23H17F4N5O/c1-14-12-17(32-11-10-29-21(32)15-6-8-28-9-7-15)3-5-19(14)30-22(33)31-20-13-16(23(25,26)27)2-4-18(20)24/h2-13H,1H3,(H2,30,31,33). The van der Waals surface area contributed by atoms with Crippen molar-refractivity contribution < 1.29 is 22.4 Å². The number of rotatable bonds is 4. The fourth-order valence-electron chi connectivity index (χ4n) is 3.24. The van der Waals surface area contributed by atoms with Gasteiger partial charge in [0.2, 0.25) is 0 Å². The van der Waals surface area contributed by atoms with Gasteiger partial charge in [0.05, 0.1) is 11.3 Å². The minimum atomic E-state index is -4.66. The van der Waals surface area contributed by atoms with Crippen molar-refractivity contribution in [3.63, 3.8) is 0 Å². The highest BCUT2D eigenvalue weighted by Gasteiger charge is 2.31. The van der Waals surface area contributed by atoms with Gasteiger partial charge in [0, 0.05) is 41.7 Å². The van der Waals surface area contributed by atoms with Crippen LogP contribution < -0.4 is 10.6 Å². The minimum absolute atomic E-state index is 0.411. The Labute approximate surface area is 185 Å². The van der Waals surface area contributed by atoms with Crippen LogP contribution in [0, 0.1) is 12.7 Å². The number of carbonyl (C=O) groups excluding carboxylic acids is 1. The monoisotopic (exact) mass is 455 g/mol. The number of hydrogen-bond acceptors (Lipinski definition) is 3. The third-order valence-corrected chi connectivity index (χ3v) is 4.86. The largest absolute Gasteiger partial charge is 0.416 e. The molecule has 2 heterocycles. The molecule has 0 radical (unpaired) electrons. The molecule has 2 aromatic carbocycles. The van der Waals surface area contributed by atoms with Gasteiger partial charge in [-0.25, -0.2) is 14.2 Å². The molecule has 0 bridgehead atoms. The predicted octanol–water partition coefficient (Wildman–Crippen LogP) is 6.04. The first-order valence-electron chi connectivity index (χ1n) is 9.72. The average Bonchev–Trinajstić information content (AvgIpc) is 3.26. The van der Waals surface area contributed by atoms with Crippen molar-refractivity contribution in [3.8, 4) is 17.1 Å². The molecule has 0 saturated carbocycles. The van der Waals surface area contributed by atoms with E-state index in [1.54, 1.807) is 43.8 Å². The van der Waals surface area contributed by atoms with Gasteiger partial charge in [-0.2, -0.15) is 13.2 Å². The SMILES string of the molecule is Cc1cc(-n2ccnc2-c2ccncc2)ccc1NC(=O)Nc1cc(C(F)(F)F)ccc1F. The minimum Gasteiger partial charge on any atom is -0.307 e. The lowest BCUT2D eigenvalue weighted by Gasteiger charge is -2.14. The average molecular weight is 455 g/mol. The maximum atomic E-state index is 13.9. The number of alkyl halides is 3. The van der Waals surface area contributed by atoms with E-state index in [1.807, 2.05) is 22.8 Å². The van der Waals surface area contributed by atoms with E-state index in [0.29, 0.717) is 35.3 Å². The van der Waals surface area contributed by atoms with Crippen LogP contribution in [0.3, 0.4) is 0 Å². The Hall–Kier alpha value is -4.21. The van der Waals surface area contributed by atoms with Crippen LogP contribution in [0.2, 0.25) is 0 Å². The van der Waals surface area contributed by atoms with Crippen LogP contribution in [-0.2, 0) is 6.18 Å². The normalized spacial score (nSPS) is 11.3. The Morgan fingerprint density at radius 1 is 0.939 bits per heavy atom. The van der Waals surface area contributed by atoms with Crippen molar-refractivity contribution in [2.45, 2.75) is 13.1 Å². The summed E-state index contributed by atoms with van der Waals surface area (Å²) in [6, 6.07) is 9.81. The summed E-state index contributed by atoms with van der Waals surface area (Å²) < 4.78 is 54.4. The van der Waals surface area contributed by atoms with Gasteiger partial charge in [-0.05, 0) is 61.0 Å². The predicted molar refractivity (Wildman–Crippen MR) is 116 cm³/mol. The highest BCUT2D eigenvalue weighted by molar-refractivity contribution is 6.00. The van der Waals surface area contributed by atoms with E-state index in [9.17, 15) is 22.4 Å². The summed E-state index contributed by atoms with van der Waals surface area (Å²) in [6.07, 6.45) is 2.13. The molecule has 2 N–H and O–H groups in total. The van der Waals surface area contributed by atoms with Gasteiger partial charge in [0.25, 0.3) is 0 Å². The molecule has 0 unspecified atom stereocenters. The zero-order valence-corrected chi connectivity index (χ0v) is 17.2. The quantitative estimate of drug-likeness (QED) is 0.368. The van der Waals surface area contributed by atoms with Gasteiger partial charge >= 0.3 is 12.2 Å². The lowest BCUT2D eigenvalue weighted by molar-refractivity contribution is -0.137. The Morgan fingerprint density at radius 3 is 2.36 bits per heavy atom. The van der Waals surface area contributed by atoms with Gasteiger partial charge < -0.3 is 10.6 Å². The van der Waals surface area contributed by atoms with Crippen LogP contribution in [0.25, 0.3) is 17.1 Å². The van der Waals surface area contributed by atoms with Gasteiger partial charge in [-0.3, -0.25) is 9.55 Å². The number of urea groups is 1. The lowest BCUT2D eigenvalue weighted by atomic mass is 10.1. The number of pyridine rings is 1. The number of aryl methyl sites for hydroxylation is 1. The van der Waals surface area contributed by atoms with E-state index < -0.39 is 29.3 Å². The molecule has 4 rings (SSSR count). The van der Waals surface area contributed by atoms with E-state index in [4.69, 9.17) is 0 Å². The van der Waals surface area contributed by atoms with E-state index in [0.717, 1.165) is 11.3 Å². The van der Waals surface area contributed by atoms with E-state index >= 15 is 0 Å². The molecule has 10 heteroatoms. The van der Waals surface area contributed by atoms with Gasteiger partial charge in [-0.15, -0.1) is 0 Å². The molecule has 2 aromatic heterocycles. The van der Waals surface area contributed by atoms with Crippen molar-refractivity contribution in [1.29, 1.82) is 0 Å². The van der Waals surface area contributed by atoms with Crippen LogP contribution in [0.4, 0.5) is 33.7 Å². The Kier molecular flexibility index (Phi) is 5.82. The van der Waals surface area contributed by atoms with Crippen molar-refractivity contribution in [2.75, 3.05) is 10.6 Å². The molecule has 168 valence electrons. The first-order valence-corrected chi connectivity index (χ1v) is 9.72. The lowest BCUT2D eigenvalue weighted by Crippen LogP contribution is -2.21. The number of benzene rings is 2. The fourth-order valence-corrected chi connectivity index (χ4v) is 3.24. The molecule has 0 fully saturated rings. The van der Waals surface area contributed by atoms with Crippen LogP contribution in [0.1, 0.15) is 11.1 Å². The number of carbonyl (C=O) groups is 1. The molecule has 2 amide bonds. The molecule has 0 aliphatic heterocycles. The third-order valence-electron chi connectivity index (χ3n) is 4.86. The highest BCUT2D eigenvalue weighted by atomic mass is 19.4. The number of imidazole rings is 1. The molecule has 0 saturated heterocycles. The molecule has 33 heavy (non-hydrogen) atoms. The summed E-state index contributed by atoms with van der Waals surface area (Å²) in [7, 11) is 0. The maximum Gasteiger partial charge on any atom is 0.416 e. The van der Waals surface area contributed by atoms with Gasteiger partial charge in [-0.1, -0.05) is 0 Å². The first kappa shape index (κ1) is 22.0. The second-order valence-corrected chi connectivity index (χ2v) is 7.13. The molecular weight excluding hydrogens is 438 g/mol. The third kappa shape index (κ3) is 4.84. The number of aromatic nitrogens is 3. The summed E-state index contributed by atoms with van der Waals surface area (Å²) in [5, 5.41) is 4.66. The van der Waals surface area contributed by atoms with E-state index in [1.165, 1.54) is 0 Å². The molecule has 6 nitrogen and oxygen atoms in total. The smallest absolute Gasteiger partial charge is 0.307 e. The van der Waals surface area contributed by atoms with E-state index in [2.05, 4.69) is 20.6 Å². The molecule has 0 aliphatic carbocycles. The molecule has 4 aromatic rings. The second kappa shape index (κ2) is 8.73. The van der Waals surface area contributed by atoms with Crippen LogP contribution >= 0.6 is 0 Å². The zero-order chi connectivity index (χ0) is 23.6. The topological polar surface area (TPSA) is 71.8 Å². The Balaban J connectivity index is 1.53. The van der Waals surface area contributed by atoms with Crippen LogP contribution in [-0.4, -0.2) is 20.6 Å². The van der Waals surface area contributed by atoms with Crippen LogP contribution in [0.15, 0.2) is 73.3 Å². The summed E-state index contributed by atoms with van der Waals surface area (Å²) in [6.45, 7) is 1.76. The number of hydrogen-bond donors (Lipinski definition) is 2. The van der Waals surface area contributed by atoms with Crippen molar-refractivity contribution in [2.24, 2.45) is 0 Å². The summed E-state index contributed by atoms with van der Waals surface area (Å²) in [5.74, 6) is -0.274. The fraction of sp³-hybridized carbons (Fsp3) is 0.0870. The first-order chi connectivity index (χ1) is 15.7. The van der Waals surface area contributed by atoms with Gasteiger partial charge in [0.1, 0.15) is 11.6 Å². The van der Waals surface area contributed by atoms with Crippen molar-refractivity contribution in [1.82, 2.24) is 14.5 Å². The number of nitrogens with one attached hydrogen (secondary N) is 2. The van der Waals surface area contributed by atoms with E-state index in [-0.39, 0.29) is 0 Å². The van der Waals surface area contributed by atoms with Crippen molar-refractivity contribution in [3.05, 3.63) is 90.3 Å². The Bertz CT molecular complexity index is 1300. The maximum absolute atomic E-state index is 13.9. The molecular formula is C23H17F4N5O. The highest BCUT2D eigenvalue weighted by Crippen LogP contribution is 2.32. The summed E-state index contributed by atoms with van der Waals surface area (Å²) in [4.78, 5) is 20.7. The number of amides is 2. The van der Waals surface area contributed by atoms with Crippen molar-refractivity contribution >= 4 is 17.4 Å². The zero-order valence-electron chi connectivity index (χ0n) is 17.2.